The van der Waals surface area contributed by atoms with Gasteiger partial charge in [-0.1, -0.05) is 0 Å². The molecule has 0 atom stereocenters. The highest BCUT2D eigenvalue weighted by Crippen LogP contribution is 2.35. The normalized spacial score (nSPS) is 20.1. The topological polar surface area (TPSA) is 92.9 Å². The highest BCUT2D eigenvalue weighted by molar-refractivity contribution is 5.36. The monoisotopic (exact) mass is 315 g/mol. The van der Waals surface area contributed by atoms with Crippen LogP contribution in [0.2, 0.25) is 0 Å². The van der Waals surface area contributed by atoms with Gasteiger partial charge in [0.15, 0.2) is 0 Å². The maximum absolute atomic E-state index is 11.9. The predicted octanol–water partition coefficient (Wildman–Crippen LogP) is 1.00. The van der Waals surface area contributed by atoms with Crippen LogP contribution in [0.1, 0.15) is 35.8 Å². The number of rotatable bonds is 5. The number of aliphatic hydroxyl groups excluding tert-OH is 1. The summed E-state index contributed by atoms with van der Waals surface area (Å²) in [5.41, 5.74) is 2.37. The van der Waals surface area contributed by atoms with Gasteiger partial charge in [0.1, 0.15) is 12.1 Å². The van der Waals surface area contributed by atoms with E-state index in [-0.39, 0.29) is 11.8 Å². The average molecular weight is 315 g/mol. The van der Waals surface area contributed by atoms with E-state index in [1.807, 2.05) is 26.0 Å². The van der Waals surface area contributed by atoms with Gasteiger partial charge < -0.3 is 10.4 Å². The van der Waals surface area contributed by atoms with Crippen LogP contribution in [-0.2, 0) is 6.54 Å². The van der Waals surface area contributed by atoms with Crippen molar-refractivity contribution in [3.8, 4) is 0 Å². The predicted molar refractivity (Wildman–Crippen MR) is 86.5 cm³/mol. The van der Waals surface area contributed by atoms with Crippen LogP contribution in [-0.4, -0.2) is 37.3 Å². The summed E-state index contributed by atoms with van der Waals surface area (Å²) in [5.74, 6) is 1.06. The summed E-state index contributed by atoms with van der Waals surface area (Å²) >= 11 is 0. The van der Waals surface area contributed by atoms with Crippen LogP contribution >= 0.6 is 0 Å². The third kappa shape index (κ3) is 3.56. The van der Waals surface area contributed by atoms with E-state index in [4.69, 9.17) is 0 Å². The number of aromatic nitrogens is 4. The van der Waals surface area contributed by atoms with Crippen LogP contribution in [0.15, 0.2) is 23.3 Å². The molecule has 1 fully saturated rings. The first-order valence-corrected chi connectivity index (χ1v) is 7.82. The van der Waals surface area contributed by atoms with Crippen molar-refractivity contribution in [2.45, 2.75) is 45.3 Å². The lowest BCUT2D eigenvalue weighted by Gasteiger charge is -2.30. The van der Waals surface area contributed by atoms with E-state index < -0.39 is 0 Å². The fourth-order valence-corrected chi connectivity index (χ4v) is 2.86. The smallest absolute Gasteiger partial charge is 0.348 e. The molecule has 0 spiro atoms. The summed E-state index contributed by atoms with van der Waals surface area (Å²) in [6.07, 6.45) is 2.86. The number of aryl methyl sites for hydroxylation is 2. The Morgan fingerprint density at radius 1 is 1.30 bits per heavy atom. The molecule has 2 heterocycles. The highest BCUT2D eigenvalue weighted by atomic mass is 16.3. The Bertz CT molecular complexity index is 752. The average Bonchev–Trinajstić information content (AvgIpc) is 2.47. The quantitative estimate of drug-likeness (QED) is 0.855. The van der Waals surface area contributed by atoms with Gasteiger partial charge in [-0.3, -0.25) is 4.57 Å². The van der Waals surface area contributed by atoms with Crippen molar-refractivity contribution in [2.75, 3.05) is 11.9 Å². The molecule has 0 bridgehead atoms. The first-order chi connectivity index (χ1) is 11.0. The molecule has 0 amide bonds. The van der Waals surface area contributed by atoms with Crippen molar-refractivity contribution in [1.82, 2.24) is 19.5 Å². The zero-order chi connectivity index (χ0) is 16.4. The molecule has 1 aliphatic carbocycles. The maximum Gasteiger partial charge on any atom is 0.348 e. The Morgan fingerprint density at radius 2 is 2.09 bits per heavy atom. The second-order valence-electron chi connectivity index (χ2n) is 6.05. The van der Waals surface area contributed by atoms with Crippen molar-refractivity contribution in [2.24, 2.45) is 0 Å². The van der Waals surface area contributed by atoms with Gasteiger partial charge in [-0.15, -0.1) is 0 Å². The summed E-state index contributed by atoms with van der Waals surface area (Å²) in [7, 11) is 0. The molecule has 1 saturated carbocycles. The summed E-state index contributed by atoms with van der Waals surface area (Å²) in [6.45, 7) is 4.83. The summed E-state index contributed by atoms with van der Waals surface area (Å²) < 4.78 is 1.64. The number of nitrogens with one attached hydrogen (secondary N) is 1. The van der Waals surface area contributed by atoms with Crippen LogP contribution < -0.4 is 11.0 Å². The van der Waals surface area contributed by atoms with Crippen LogP contribution in [0.5, 0.6) is 0 Å². The van der Waals surface area contributed by atoms with Crippen molar-refractivity contribution >= 4 is 5.82 Å². The molecule has 3 rings (SSSR count). The molecule has 2 aromatic rings. The van der Waals surface area contributed by atoms with Gasteiger partial charge in [0.25, 0.3) is 0 Å². The molecule has 7 heteroatoms. The molecule has 122 valence electrons. The van der Waals surface area contributed by atoms with Crippen molar-refractivity contribution in [3.05, 3.63) is 46.0 Å². The Morgan fingerprint density at radius 3 is 2.78 bits per heavy atom. The van der Waals surface area contributed by atoms with E-state index in [0.29, 0.717) is 19.0 Å². The van der Waals surface area contributed by atoms with Crippen LogP contribution in [0.4, 0.5) is 5.82 Å². The summed E-state index contributed by atoms with van der Waals surface area (Å²) in [6, 6.07) is 3.81. The molecule has 23 heavy (non-hydrogen) atoms. The molecule has 0 aromatic carbocycles. The van der Waals surface area contributed by atoms with E-state index >= 15 is 0 Å². The van der Waals surface area contributed by atoms with Crippen molar-refractivity contribution in [1.29, 1.82) is 0 Å². The third-order valence-corrected chi connectivity index (χ3v) is 4.21. The number of hydrogen-bond acceptors (Lipinski definition) is 6. The highest BCUT2D eigenvalue weighted by Gasteiger charge is 2.29. The van der Waals surface area contributed by atoms with Crippen LogP contribution in [0.3, 0.4) is 0 Å². The minimum atomic E-state index is -0.226. The standard InChI is InChI=1S/C16H21N5O2/c1-10-5-11(2)21(16(23)20-10)4-3-17-15-8-14(18-9-19-15)12-6-13(22)7-12/h5,8-9,12-13,22H,3-4,6-7H2,1-2H3,(H,17,18,19). The molecule has 0 radical (unpaired) electrons. The minimum Gasteiger partial charge on any atom is -0.393 e. The van der Waals surface area contributed by atoms with E-state index in [1.54, 1.807) is 4.57 Å². The van der Waals surface area contributed by atoms with E-state index in [9.17, 15) is 9.90 Å². The third-order valence-electron chi connectivity index (χ3n) is 4.21. The van der Waals surface area contributed by atoms with Gasteiger partial charge in [0.2, 0.25) is 0 Å². The summed E-state index contributed by atoms with van der Waals surface area (Å²) in [4.78, 5) is 24.3. The lowest BCUT2D eigenvalue weighted by atomic mass is 9.80. The Hall–Kier alpha value is -2.28. The second-order valence-corrected chi connectivity index (χ2v) is 6.05. The first kappa shape index (κ1) is 15.6. The number of anilines is 1. The van der Waals surface area contributed by atoms with Gasteiger partial charge in [0, 0.05) is 42.2 Å². The van der Waals surface area contributed by atoms with Gasteiger partial charge in [0.05, 0.1) is 6.10 Å². The number of hydrogen-bond donors (Lipinski definition) is 2. The van der Waals surface area contributed by atoms with E-state index in [0.717, 1.165) is 35.7 Å². The SMILES string of the molecule is Cc1cc(C)n(CCNc2cc(C3CC(O)C3)ncn2)c(=O)n1. The summed E-state index contributed by atoms with van der Waals surface area (Å²) in [5, 5.41) is 12.6. The molecule has 2 aromatic heterocycles. The second kappa shape index (κ2) is 6.45. The number of aliphatic hydroxyl groups is 1. The minimum absolute atomic E-state index is 0.199. The fourth-order valence-electron chi connectivity index (χ4n) is 2.86. The zero-order valence-corrected chi connectivity index (χ0v) is 13.4. The maximum atomic E-state index is 11.9. The largest absolute Gasteiger partial charge is 0.393 e. The van der Waals surface area contributed by atoms with Crippen molar-refractivity contribution < 1.29 is 5.11 Å². The molecule has 2 N–H and O–H groups in total. The Kier molecular flexibility index (Phi) is 4.38. The molecule has 1 aliphatic rings. The van der Waals surface area contributed by atoms with Gasteiger partial charge in [-0.05, 0) is 32.8 Å². The van der Waals surface area contributed by atoms with Crippen LogP contribution in [0.25, 0.3) is 0 Å². The first-order valence-electron chi connectivity index (χ1n) is 7.82. The molecule has 0 saturated heterocycles. The van der Waals surface area contributed by atoms with Crippen molar-refractivity contribution in [3.63, 3.8) is 0 Å². The van der Waals surface area contributed by atoms with E-state index in [1.165, 1.54) is 6.33 Å². The molecule has 0 unspecified atom stereocenters. The lowest BCUT2D eigenvalue weighted by molar-refractivity contribution is 0.0732. The molecule has 0 aliphatic heterocycles. The van der Waals surface area contributed by atoms with Gasteiger partial charge in [-0.2, -0.15) is 4.98 Å². The number of nitrogens with zero attached hydrogens (tertiary/aromatic N) is 4. The zero-order valence-electron chi connectivity index (χ0n) is 13.4. The molecular weight excluding hydrogens is 294 g/mol. The van der Waals surface area contributed by atoms with Gasteiger partial charge >= 0.3 is 5.69 Å². The Labute approximate surface area is 134 Å². The Balaban J connectivity index is 1.61. The lowest BCUT2D eigenvalue weighted by Crippen LogP contribution is -2.28. The molecule has 7 nitrogen and oxygen atoms in total. The van der Waals surface area contributed by atoms with E-state index in [2.05, 4.69) is 20.3 Å². The van der Waals surface area contributed by atoms with Crippen LogP contribution in [0, 0.1) is 13.8 Å². The van der Waals surface area contributed by atoms with Gasteiger partial charge in [-0.25, -0.2) is 14.8 Å². The molecular formula is C16H21N5O2. The fraction of sp³-hybridized carbons (Fsp3) is 0.500.